The van der Waals surface area contributed by atoms with Crippen LogP contribution in [0.1, 0.15) is 26.8 Å². The predicted octanol–water partition coefficient (Wildman–Crippen LogP) is 1.79. The number of oxazole rings is 1. The van der Waals surface area contributed by atoms with Crippen molar-refractivity contribution in [1.82, 2.24) is 9.47 Å². The molecule has 118 valence electrons. The molecule has 0 spiro atoms. The van der Waals surface area contributed by atoms with E-state index < -0.39 is 11.8 Å². The summed E-state index contributed by atoms with van der Waals surface area (Å²) in [4.78, 5) is 26.6. The lowest BCUT2D eigenvalue weighted by Crippen LogP contribution is -2.50. The molecule has 6 nitrogen and oxygen atoms in total. The molecule has 2 aromatic rings. The van der Waals surface area contributed by atoms with E-state index in [1.54, 1.807) is 30.0 Å². The number of carbonyl (C=O) groups excluding carboxylic acids is 1. The minimum Gasteiger partial charge on any atom is -0.408 e. The van der Waals surface area contributed by atoms with Crippen LogP contribution in [0, 0.1) is 0 Å². The fraction of sp³-hybridized carbons (Fsp3) is 0.500. The Morgan fingerprint density at radius 1 is 1.23 bits per heavy atom. The first-order valence-corrected chi connectivity index (χ1v) is 7.51. The van der Waals surface area contributed by atoms with Crippen LogP contribution in [0.4, 0.5) is 0 Å². The molecule has 1 aromatic carbocycles. The van der Waals surface area contributed by atoms with Crippen LogP contribution < -0.4 is 5.76 Å². The third-order valence-electron chi connectivity index (χ3n) is 3.99. The van der Waals surface area contributed by atoms with E-state index >= 15 is 0 Å². The second-order valence-electron chi connectivity index (χ2n) is 5.88. The smallest absolute Gasteiger partial charge is 0.408 e. The fourth-order valence-corrected chi connectivity index (χ4v) is 3.08. The molecule has 2 heterocycles. The molecule has 1 fully saturated rings. The minimum atomic E-state index is -0.603. The topological polar surface area (TPSA) is 64.7 Å². The number of nitrogens with zero attached hydrogens (tertiary/aromatic N) is 2. The van der Waals surface area contributed by atoms with E-state index in [4.69, 9.17) is 9.15 Å². The van der Waals surface area contributed by atoms with E-state index in [1.165, 1.54) is 4.57 Å². The second kappa shape index (κ2) is 5.61. The molecule has 0 saturated carbocycles. The van der Waals surface area contributed by atoms with Gasteiger partial charge < -0.3 is 14.1 Å². The molecule has 1 aliphatic heterocycles. The van der Waals surface area contributed by atoms with E-state index in [9.17, 15) is 9.59 Å². The molecular formula is C16H20N2O4. The maximum atomic E-state index is 12.8. The predicted molar refractivity (Wildman–Crippen MR) is 81.8 cm³/mol. The Hall–Kier alpha value is -2.08. The number of aromatic nitrogens is 1. The van der Waals surface area contributed by atoms with Gasteiger partial charge in [-0.3, -0.25) is 9.36 Å². The number of para-hydroxylation sites is 2. The monoisotopic (exact) mass is 304 g/mol. The van der Waals surface area contributed by atoms with Crippen molar-refractivity contribution in [1.29, 1.82) is 0 Å². The van der Waals surface area contributed by atoms with Crippen LogP contribution in [-0.4, -0.2) is 40.7 Å². The highest BCUT2D eigenvalue weighted by atomic mass is 16.5. The van der Waals surface area contributed by atoms with Crippen molar-refractivity contribution in [3.8, 4) is 0 Å². The van der Waals surface area contributed by atoms with Crippen molar-refractivity contribution in [3.63, 3.8) is 0 Å². The molecule has 0 bridgehead atoms. The van der Waals surface area contributed by atoms with Gasteiger partial charge in [0.1, 0.15) is 6.04 Å². The molecule has 3 atom stereocenters. The summed E-state index contributed by atoms with van der Waals surface area (Å²) in [5.41, 5.74) is 1.14. The van der Waals surface area contributed by atoms with Gasteiger partial charge in [-0.25, -0.2) is 4.79 Å². The third kappa shape index (κ3) is 2.54. The highest BCUT2D eigenvalue weighted by Crippen LogP contribution is 2.20. The summed E-state index contributed by atoms with van der Waals surface area (Å²) in [6.07, 6.45) is -0.00423. The van der Waals surface area contributed by atoms with Crippen LogP contribution in [0.15, 0.2) is 33.5 Å². The summed E-state index contributed by atoms with van der Waals surface area (Å²) in [6, 6.07) is 6.53. The van der Waals surface area contributed by atoms with Gasteiger partial charge >= 0.3 is 5.76 Å². The summed E-state index contributed by atoms with van der Waals surface area (Å²) < 4.78 is 12.3. The summed E-state index contributed by atoms with van der Waals surface area (Å²) in [5.74, 6) is -0.591. The zero-order chi connectivity index (χ0) is 15.9. The maximum absolute atomic E-state index is 12.8. The average Bonchev–Trinajstić information content (AvgIpc) is 2.80. The lowest BCUT2D eigenvalue weighted by Gasteiger charge is -2.36. The lowest BCUT2D eigenvalue weighted by molar-refractivity contribution is -0.146. The van der Waals surface area contributed by atoms with E-state index in [0.717, 1.165) is 0 Å². The number of carbonyl (C=O) groups is 1. The molecule has 0 N–H and O–H groups in total. The van der Waals surface area contributed by atoms with Crippen LogP contribution >= 0.6 is 0 Å². The Morgan fingerprint density at radius 2 is 1.86 bits per heavy atom. The average molecular weight is 304 g/mol. The third-order valence-corrected chi connectivity index (χ3v) is 3.99. The molecule has 0 aliphatic carbocycles. The van der Waals surface area contributed by atoms with E-state index in [2.05, 4.69) is 0 Å². The first-order valence-electron chi connectivity index (χ1n) is 7.51. The van der Waals surface area contributed by atoms with Crippen LogP contribution in [0.5, 0.6) is 0 Å². The number of morpholine rings is 1. The Kier molecular flexibility index (Phi) is 3.78. The Labute approximate surface area is 128 Å². The molecule has 3 unspecified atom stereocenters. The number of ether oxygens (including phenoxy) is 1. The number of amides is 1. The van der Waals surface area contributed by atoms with Crippen molar-refractivity contribution in [3.05, 3.63) is 34.8 Å². The van der Waals surface area contributed by atoms with Crippen LogP contribution in [0.3, 0.4) is 0 Å². The summed E-state index contributed by atoms with van der Waals surface area (Å²) in [5, 5.41) is 0. The first-order chi connectivity index (χ1) is 10.5. The molecule has 1 aromatic heterocycles. The number of rotatable bonds is 2. The Bertz CT molecular complexity index is 738. The fourth-order valence-electron chi connectivity index (χ4n) is 3.08. The summed E-state index contributed by atoms with van der Waals surface area (Å²) in [6.45, 7) is 6.70. The van der Waals surface area contributed by atoms with Crippen molar-refractivity contribution in [2.24, 2.45) is 0 Å². The SMILES string of the molecule is CC1CN(C(=O)C(C)n2c(=O)oc3ccccc32)CC(C)O1. The number of fused-ring (bicyclic) bond motifs is 1. The van der Waals surface area contributed by atoms with Crippen molar-refractivity contribution in [2.75, 3.05) is 13.1 Å². The molecular weight excluding hydrogens is 284 g/mol. The van der Waals surface area contributed by atoms with Gasteiger partial charge in [-0.05, 0) is 32.9 Å². The van der Waals surface area contributed by atoms with E-state index in [1.807, 2.05) is 19.9 Å². The Morgan fingerprint density at radius 3 is 2.55 bits per heavy atom. The van der Waals surface area contributed by atoms with Crippen molar-refractivity contribution < 1.29 is 13.9 Å². The molecule has 1 saturated heterocycles. The van der Waals surface area contributed by atoms with Gasteiger partial charge in [0.25, 0.3) is 0 Å². The van der Waals surface area contributed by atoms with Gasteiger partial charge in [-0.15, -0.1) is 0 Å². The standard InChI is InChI=1S/C16H20N2O4/c1-10-8-17(9-11(2)21-10)15(19)12(3)18-13-6-4-5-7-14(13)22-16(18)20/h4-7,10-12H,8-9H2,1-3H3. The molecule has 3 rings (SSSR count). The highest BCUT2D eigenvalue weighted by Gasteiger charge is 2.31. The van der Waals surface area contributed by atoms with Crippen LogP contribution in [0.2, 0.25) is 0 Å². The van der Waals surface area contributed by atoms with Gasteiger partial charge in [-0.2, -0.15) is 0 Å². The zero-order valence-corrected chi connectivity index (χ0v) is 13.0. The normalized spacial score (nSPS) is 23.7. The van der Waals surface area contributed by atoms with Gasteiger partial charge in [0.15, 0.2) is 5.58 Å². The molecule has 0 radical (unpaired) electrons. The number of benzene rings is 1. The number of hydrogen-bond donors (Lipinski definition) is 0. The van der Waals surface area contributed by atoms with Gasteiger partial charge in [-0.1, -0.05) is 12.1 Å². The maximum Gasteiger partial charge on any atom is 0.420 e. The second-order valence-corrected chi connectivity index (χ2v) is 5.88. The quantitative estimate of drug-likeness (QED) is 0.848. The van der Waals surface area contributed by atoms with Gasteiger partial charge in [0.05, 0.1) is 17.7 Å². The van der Waals surface area contributed by atoms with Crippen molar-refractivity contribution >= 4 is 17.0 Å². The lowest BCUT2D eigenvalue weighted by atomic mass is 10.2. The highest BCUT2D eigenvalue weighted by molar-refractivity contribution is 5.83. The van der Waals surface area contributed by atoms with Crippen molar-refractivity contribution in [2.45, 2.75) is 39.0 Å². The summed E-state index contributed by atoms with van der Waals surface area (Å²) >= 11 is 0. The van der Waals surface area contributed by atoms with Gasteiger partial charge in [0, 0.05) is 13.1 Å². The van der Waals surface area contributed by atoms with Crippen LogP contribution in [0.25, 0.3) is 11.1 Å². The zero-order valence-electron chi connectivity index (χ0n) is 13.0. The van der Waals surface area contributed by atoms with Gasteiger partial charge in [0.2, 0.25) is 5.91 Å². The first kappa shape index (κ1) is 14.8. The van der Waals surface area contributed by atoms with E-state index in [-0.39, 0.29) is 18.1 Å². The number of hydrogen-bond acceptors (Lipinski definition) is 4. The van der Waals surface area contributed by atoms with Crippen LogP contribution in [-0.2, 0) is 9.53 Å². The largest absolute Gasteiger partial charge is 0.420 e. The molecule has 1 amide bonds. The molecule has 22 heavy (non-hydrogen) atoms. The molecule has 1 aliphatic rings. The minimum absolute atomic E-state index is 0.00211. The molecule has 6 heteroatoms. The Balaban J connectivity index is 1.92. The van der Waals surface area contributed by atoms with E-state index in [0.29, 0.717) is 24.2 Å². The summed E-state index contributed by atoms with van der Waals surface area (Å²) in [7, 11) is 0.